The Bertz CT molecular complexity index is 560. The third kappa shape index (κ3) is 4.44. The number of hydrogen-bond acceptors (Lipinski definition) is 4. The van der Waals surface area contributed by atoms with E-state index in [9.17, 15) is 18.0 Å². The van der Waals surface area contributed by atoms with Gasteiger partial charge in [0.25, 0.3) is 5.56 Å². The summed E-state index contributed by atoms with van der Waals surface area (Å²) in [6.45, 7) is 1.52. The average Bonchev–Trinajstić information content (AvgIpc) is 2.37. The van der Waals surface area contributed by atoms with Gasteiger partial charge in [-0.05, 0) is 42.2 Å². The fraction of sp³-hybridized carbons (Fsp3) is 0.667. The number of halogens is 4. The Balaban J connectivity index is 2.15. The molecule has 118 valence electrons. The van der Waals surface area contributed by atoms with Gasteiger partial charge in [-0.1, -0.05) is 0 Å². The minimum atomic E-state index is -4.48. The van der Waals surface area contributed by atoms with Crippen LogP contribution in [-0.2, 0) is 6.54 Å². The Hall–Kier alpha value is -1.09. The highest BCUT2D eigenvalue weighted by atomic mass is 79.9. The van der Waals surface area contributed by atoms with Gasteiger partial charge in [-0.2, -0.15) is 18.3 Å². The SMILES string of the molecule is CC1CC(Nc2cnn(CC(F)(F)F)c(=O)c2Br)CCN1. The van der Waals surface area contributed by atoms with Gasteiger partial charge in [-0.25, -0.2) is 4.68 Å². The first-order valence-corrected chi connectivity index (χ1v) is 7.38. The summed E-state index contributed by atoms with van der Waals surface area (Å²) >= 11 is 3.06. The molecule has 2 heterocycles. The van der Waals surface area contributed by atoms with E-state index in [1.165, 1.54) is 6.20 Å². The quantitative estimate of drug-likeness (QED) is 0.857. The first kappa shape index (κ1) is 16.3. The molecular formula is C12H16BrF3N4O. The monoisotopic (exact) mass is 368 g/mol. The molecule has 9 heteroatoms. The topological polar surface area (TPSA) is 59.0 Å². The van der Waals surface area contributed by atoms with Crippen LogP contribution >= 0.6 is 15.9 Å². The molecule has 2 rings (SSSR count). The minimum absolute atomic E-state index is 0.0768. The molecule has 5 nitrogen and oxygen atoms in total. The average molecular weight is 369 g/mol. The smallest absolute Gasteiger partial charge is 0.380 e. The van der Waals surface area contributed by atoms with Crippen LogP contribution in [0, 0.1) is 0 Å². The fourth-order valence-electron chi connectivity index (χ4n) is 2.33. The van der Waals surface area contributed by atoms with Gasteiger partial charge in [0.05, 0.1) is 11.9 Å². The van der Waals surface area contributed by atoms with Gasteiger partial charge in [0.1, 0.15) is 11.0 Å². The molecule has 1 fully saturated rings. The first-order chi connectivity index (χ1) is 9.76. The molecule has 0 saturated carbocycles. The van der Waals surface area contributed by atoms with Crippen LogP contribution in [0.1, 0.15) is 19.8 Å². The Morgan fingerprint density at radius 2 is 2.29 bits per heavy atom. The zero-order valence-corrected chi connectivity index (χ0v) is 13.0. The lowest BCUT2D eigenvalue weighted by atomic mass is 10.0. The Labute approximate surface area is 128 Å². The number of alkyl halides is 3. The molecule has 1 aromatic heterocycles. The van der Waals surface area contributed by atoms with E-state index in [4.69, 9.17) is 0 Å². The predicted molar refractivity (Wildman–Crippen MR) is 76.4 cm³/mol. The lowest BCUT2D eigenvalue weighted by Crippen LogP contribution is -2.41. The summed E-state index contributed by atoms with van der Waals surface area (Å²) < 4.78 is 37.5. The van der Waals surface area contributed by atoms with Gasteiger partial charge in [-0.3, -0.25) is 4.79 Å². The summed E-state index contributed by atoms with van der Waals surface area (Å²) in [6.07, 6.45) is -1.47. The Kier molecular flexibility index (Phi) is 4.92. The number of rotatable bonds is 3. The summed E-state index contributed by atoms with van der Waals surface area (Å²) in [6, 6.07) is 0.519. The molecule has 2 atom stereocenters. The van der Waals surface area contributed by atoms with Gasteiger partial charge < -0.3 is 10.6 Å². The highest BCUT2D eigenvalue weighted by Crippen LogP contribution is 2.22. The van der Waals surface area contributed by atoms with Crippen molar-refractivity contribution in [1.82, 2.24) is 15.1 Å². The summed E-state index contributed by atoms with van der Waals surface area (Å²) in [5, 5.41) is 10.1. The maximum Gasteiger partial charge on any atom is 0.408 e. The predicted octanol–water partition coefficient (Wildman–Crippen LogP) is 2.12. The van der Waals surface area contributed by atoms with Crippen LogP contribution in [0.15, 0.2) is 15.5 Å². The van der Waals surface area contributed by atoms with E-state index >= 15 is 0 Å². The van der Waals surface area contributed by atoms with Gasteiger partial charge >= 0.3 is 6.18 Å². The summed E-state index contributed by atoms with van der Waals surface area (Å²) in [4.78, 5) is 11.9. The number of nitrogens with zero attached hydrogens (tertiary/aromatic N) is 2. The van der Waals surface area contributed by atoms with Crippen molar-refractivity contribution in [1.29, 1.82) is 0 Å². The lowest BCUT2D eigenvalue weighted by Gasteiger charge is -2.29. The molecule has 1 aliphatic rings. The molecule has 0 radical (unpaired) electrons. The molecule has 1 saturated heterocycles. The normalized spacial score (nSPS) is 23.1. The van der Waals surface area contributed by atoms with Gasteiger partial charge in [0, 0.05) is 12.1 Å². The second kappa shape index (κ2) is 6.35. The number of anilines is 1. The zero-order valence-electron chi connectivity index (χ0n) is 11.4. The molecule has 0 aromatic carbocycles. The second-order valence-corrected chi connectivity index (χ2v) is 5.96. The van der Waals surface area contributed by atoms with E-state index in [-0.39, 0.29) is 10.5 Å². The minimum Gasteiger partial charge on any atom is -0.380 e. The van der Waals surface area contributed by atoms with Crippen LogP contribution < -0.4 is 16.2 Å². The largest absolute Gasteiger partial charge is 0.408 e. The van der Waals surface area contributed by atoms with Crippen molar-refractivity contribution in [3.05, 3.63) is 21.0 Å². The molecule has 1 aromatic rings. The van der Waals surface area contributed by atoms with Crippen LogP contribution in [0.2, 0.25) is 0 Å². The highest BCUT2D eigenvalue weighted by Gasteiger charge is 2.30. The molecule has 0 amide bonds. The lowest BCUT2D eigenvalue weighted by molar-refractivity contribution is -0.143. The fourth-order valence-corrected chi connectivity index (χ4v) is 2.75. The van der Waals surface area contributed by atoms with Crippen molar-refractivity contribution in [2.75, 3.05) is 11.9 Å². The van der Waals surface area contributed by atoms with Crippen molar-refractivity contribution >= 4 is 21.6 Å². The third-order valence-corrected chi connectivity index (χ3v) is 4.06. The van der Waals surface area contributed by atoms with Crippen LogP contribution in [0.25, 0.3) is 0 Å². The van der Waals surface area contributed by atoms with Crippen LogP contribution in [0.3, 0.4) is 0 Å². The van der Waals surface area contributed by atoms with Crippen LogP contribution in [0.4, 0.5) is 18.9 Å². The summed E-state index contributed by atoms with van der Waals surface area (Å²) in [5.41, 5.74) is -0.364. The van der Waals surface area contributed by atoms with Crippen LogP contribution in [0.5, 0.6) is 0 Å². The van der Waals surface area contributed by atoms with E-state index in [1.54, 1.807) is 0 Å². The van der Waals surface area contributed by atoms with Crippen molar-refractivity contribution in [3.63, 3.8) is 0 Å². The third-order valence-electron chi connectivity index (χ3n) is 3.30. The number of nitrogens with one attached hydrogen (secondary N) is 2. The standard InChI is InChI=1S/C12H16BrF3N4O/c1-7-4-8(2-3-17-7)19-9-5-18-20(6-12(14,15)16)11(21)10(9)13/h5,7-8,17,19H,2-4,6H2,1H3. The van der Waals surface area contributed by atoms with E-state index in [0.29, 0.717) is 16.4 Å². The maximum atomic E-state index is 12.3. The van der Waals surface area contributed by atoms with E-state index in [2.05, 4.69) is 38.6 Å². The molecule has 2 N–H and O–H groups in total. The summed E-state index contributed by atoms with van der Waals surface area (Å²) in [7, 11) is 0. The van der Waals surface area contributed by atoms with Crippen LogP contribution in [-0.4, -0.2) is 34.6 Å². The molecule has 0 spiro atoms. The maximum absolute atomic E-state index is 12.3. The van der Waals surface area contributed by atoms with E-state index in [1.807, 2.05) is 0 Å². The van der Waals surface area contributed by atoms with Crippen molar-refractivity contribution < 1.29 is 13.2 Å². The molecule has 0 aliphatic carbocycles. The molecular weight excluding hydrogens is 353 g/mol. The molecule has 1 aliphatic heterocycles. The molecule has 0 bridgehead atoms. The van der Waals surface area contributed by atoms with Gasteiger partial charge in [-0.15, -0.1) is 0 Å². The first-order valence-electron chi connectivity index (χ1n) is 6.58. The summed E-state index contributed by atoms with van der Waals surface area (Å²) in [5.74, 6) is 0. The number of aromatic nitrogens is 2. The zero-order chi connectivity index (χ0) is 15.6. The van der Waals surface area contributed by atoms with Gasteiger partial charge in [0.2, 0.25) is 0 Å². The number of hydrogen-bond donors (Lipinski definition) is 2. The van der Waals surface area contributed by atoms with Crippen molar-refractivity contribution in [3.8, 4) is 0 Å². The van der Waals surface area contributed by atoms with Crippen molar-refractivity contribution in [2.45, 2.75) is 44.6 Å². The molecule has 2 unspecified atom stereocenters. The Morgan fingerprint density at radius 3 is 2.90 bits per heavy atom. The van der Waals surface area contributed by atoms with Crippen molar-refractivity contribution in [2.24, 2.45) is 0 Å². The van der Waals surface area contributed by atoms with Gasteiger partial charge in [0.15, 0.2) is 0 Å². The Morgan fingerprint density at radius 1 is 1.57 bits per heavy atom. The molecule has 21 heavy (non-hydrogen) atoms. The van der Waals surface area contributed by atoms with E-state index in [0.717, 1.165) is 19.4 Å². The highest BCUT2D eigenvalue weighted by molar-refractivity contribution is 9.10. The van der Waals surface area contributed by atoms with E-state index < -0.39 is 18.3 Å². The second-order valence-electron chi connectivity index (χ2n) is 5.17. The number of piperidine rings is 1.